The number of rotatable bonds is 8. The van der Waals surface area contributed by atoms with Crippen LogP contribution in [0.2, 0.25) is 0 Å². The van der Waals surface area contributed by atoms with Gasteiger partial charge in [-0.05, 0) is 19.2 Å². The molecule has 0 radical (unpaired) electrons. The number of hydrogen-bond donors (Lipinski definition) is 2. The highest BCUT2D eigenvalue weighted by Crippen LogP contribution is 2.20. The van der Waals surface area contributed by atoms with Crippen LogP contribution in [0, 0.1) is 0 Å². The fourth-order valence-electron chi connectivity index (χ4n) is 2.77. The van der Waals surface area contributed by atoms with Crippen molar-refractivity contribution in [3.63, 3.8) is 0 Å². The van der Waals surface area contributed by atoms with E-state index in [1.807, 2.05) is 35.2 Å². The van der Waals surface area contributed by atoms with Crippen LogP contribution < -0.4 is 15.5 Å². The zero-order valence-electron chi connectivity index (χ0n) is 15.8. The maximum Gasteiger partial charge on any atom is 0.229 e. The standard InChI is InChI=1S/C18H29N5O2.HI/c1-19-18(20-9-10-22(2)11-12-25-3)21-15-13-17(24)23(14-15)16-7-5-4-6-8-16;/h4-8,15H,9-14H2,1-3H3,(H2,19,20,21);1H. The molecule has 0 bridgehead atoms. The van der Waals surface area contributed by atoms with Crippen LogP contribution >= 0.6 is 24.0 Å². The van der Waals surface area contributed by atoms with Crippen molar-refractivity contribution in [2.24, 2.45) is 4.99 Å². The molecule has 1 atom stereocenters. The number of nitrogens with zero attached hydrogens (tertiary/aromatic N) is 3. The second-order valence-electron chi connectivity index (χ2n) is 6.18. The van der Waals surface area contributed by atoms with Gasteiger partial charge in [0.25, 0.3) is 0 Å². The SMILES string of the molecule is CN=C(NCCN(C)CCOC)NC1CC(=O)N(c2ccccc2)C1.I. The molecule has 0 aliphatic carbocycles. The van der Waals surface area contributed by atoms with Crippen molar-refractivity contribution >= 4 is 41.5 Å². The first-order valence-electron chi connectivity index (χ1n) is 8.64. The summed E-state index contributed by atoms with van der Waals surface area (Å²) in [7, 11) is 5.51. The first kappa shape index (κ1) is 22.7. The Morgan fingerprint density at radius 1 is 1.35 bits per heavy atom. The van der Waals surface area contributed by atoms with Gasteiger partial charge in [-0.15, -0.1) is 24.0 Å². The van der Waals surface area contributed by atoms with Gasteiger partial charge in [0.2, 0.25) is 5.91 Å². The van der Waals surface area contributed by atoms with E-state index in [2.05, 4.69) is 27.6 Å². The molecule has 0 spiro atoms. The van der Waals surface area contributed by atoms with Gasteiger partial charge < -0.3 is 25.2 Å². The molecular formula is C18H30IN5O2. The van der Waals surface area contributed by atoms with Crippen LogP contribution in [0.1, 0.15) is 6.42 Å². The van der Waals surface area contributed by atoms with Crippen molar-refractivity contribution in [2.45, 2.75) is 12.5 Å². The topological polar surface area (TPSA) is 69.2 Å². The molecule has 1 fully saturated rings. The predicted octanol–water partition coefficient (Wildman–Crippen LogP) is 1.15. The number of carbonyl (C=O) groups is 1. The Hall–Kier alpha value is -1.39. The number of methoxy groups -OCH3 is 1. The maximum atomic E-state index is 12.3. The zero-order chi connectivity index (χ0) is 18.1. The fraction of sp³-hybridized carbons (Fsp3) is 0.556. The lowest BCUT2D eigenvalue weighted by molar-refractivity contribution is -0.117. The molecule has 2 N–H and O–H groups in total. The summed E-state index contributed by atoms with van der Waals surface area (Å²) in [6.07, 6.45) is 0.476. The van der Waals surface area contributed by atoms with E-state index in [4.69, 9.17) is 4.74 Å². The van der Waals surface area contributed by atoms with E-state index in [0.717, 1.165) is 37.9 Å². The van der Waals surface area contributed by atoms with Crippen LogP contribution in [0.5, 0.6) is 0 Å². The third kappa shape index (κ3) is 7.08. The molecule has 1 unspecified atom stereocenters. The Balaban J connectivity index is 0.00000338. The third-order valence-electron chi connectivity index (χ3n) is 4.22. The fourth-order valence-corrected chi connectivity index (χ4v) is 2.77. The number of para-hydroxylation sites is 1. The maximum absolute atomic E-state index is 12.3. The quantitative estimate of drug-likeness (QED) is 0.336. The number of guanidine groups is 1. The highest BCUT2D eigenvalue weighted by atomic mass is 127. The molecule has 1 aliphatic rings. The summed E-state index contributed by atoms with van der Waals surface area (Å²) in [4.78, 5) is 20.5. The van der Waals surface area contributed by atoms with Gasteiger partial charge in [-0.3, -0.25) is 9.79 Å². The second-order valence-corrected chi connectivity index (χ2v) is 6.18. The lowest BCUT2D eigenvalue weighted by Crippen LogP contribution is -2.46. The minimum absolute atomic E-state index is 0. The van der Waals surface area contributed by atoms with E-state index in [1.165, 1.54) is 0 Å². The minimum atomic E-state index is 0. The Bertz CT molecular complexity index is 570. The molecule has 0 aromatic heterocycles. The van der Waals surface area contributed by atoms with Crippen molar-refractivity contribution in [1.82, 2.24) is 15.5 Å². The van der Waals surface area contributed by atoms with Crippen LogP contribution in [0.15, 0.2) is 35.3 Å². The predicted molar refractivity (Wildman–Crippen MR) is 116 cm³/mol. The molecule has 1 saturated heterocycles. The van der Waals surface area contributed by atoms with Gasteiger partial charge >= 0.3 is 0 Å². The van der Waals surface area contributed by atoms with E-state index in [0.29, 0.717) is 13.0 Å². The Kier molecular flexibility index (Phi) is 10.5. The number of halogens is 1. The normalized spacial score (nSPS) is 17.4. The van der Waals surface area contributed by atoms with E-state index < -0.39 is 0 Å². The lowest BCUT2D eigenvalue weighted by atomic mass is 10.2. The summed E-state index contributed by atoms with van der Waals surface area (Å²) in [6.45, 7) is 3.94. The number of nitrogens with one attached hydrogen (secondary N) is 2. The lowest BCUT2D eigenvalue weighted by Gasteiger charge is -2.20. The van der Waals surface area contributed by atoms with Crippen molar-refractivity contribution in [2.75, 3.05) is 58.9 Å². The largest absolute Gasteiger partial charge is 0.383 e. The van der Waals surface area contributed by atoms with Crippen molar-refractivity contribution < 1.29 is 9.53 Å². The summed E-state index contributed by atoms with van der Waals surface area (Å²) in [5, 5.41) is 6.65. The molecule has 26 heavy (non-hydrogen) atoms. The number of anilines is 1. The smallest absolute Gasteiger partial charge is 0.229 e. The summed E-state index contributed by atoms with van der Waals surface area (Å²) in [6, 6.07) is 9.83. The molecule has 1 heterocycles. The number of likely N-dealkylation sites (N-methyl/N-ethyl adjacent to an activating group) is 1. The molecule has 7 nitrogen and oxygen atoms in total. The second kappa shape index (κ2) is 12.1. The van der Waals surface area contributed by atoms with Gasteiger partial charge in [-0.25, -0.2) is 0 Å². The molecule has 2 rings (SSSR count). The highest BCUT2D eigenvalue weighted by molar-refractivity contribution is 14.0. The Labute approximate surface area is 173 Å². The number of aliphatic imine (C=N–C) groups is 1. The van der Waals surface area contributed by atoms with Crippen LogP contribution in [0.3, 0.4) is 0 Å². The average molecular weight is 475 g/mol. The van der Waals surface area contributed by atoms with E-state index >= 15 is 0 Å². The summed E-state index contributed by atoms with van der Waals surface area (Å²) in [5.41, 5.74) is 0.944. The van der Waals surface area contributed by atoms with E-state index in [1.54, 1.807) is 14.2 Å². The van der Waals surface area contributed by atoms with Gasteiger partial charge in [-0.2, -0.15) is 0 Å². The molecular weight excluding hydrogens is 445 g/mol. The van der Waals surface area contributed by atoms with Crippen LogP contribution in [0.4, 0.5) is 5.69 Å². The van der Waals surface area contributed by atoms with Gasteiger partial charge in [0.05, 0.1) is 12.6 Å². The molecule has 0 saturated carbocycles. The summed E-state index contributed by atoms with van der Waals surface area (Å²) < 4.78 is 5.07. The monoisotopic (exact) mass is 475 g/mol. The molecule has 1 amide bonds. The number of carbonyl (C=O) groups excluding carboxylic acids is 1. The van der Waals surface area contributed by atoms with Crippen molar-refractivity contribution in [3.8, 4) is 0 Å². The van der Waals surface area contributed by atoms with Crippen LogP contribution in [0.25, 0.3) is 0 Å². The first-order chi connectivity index (χ1) is 12.1. The van der Waals surface area contributed by atoms with Crippen LogP contribution in [-0.4, -0.2) is 76.8 Å². The minimum Gasteiger partial charge on any atom is -0.383 e. The Morgan fingerprint density at radius 3 is 2.73 bits per heavy atom. The molecule has 146 valence electrons. The average Bonchev–Trinajstić information content (AvgIpc) is 3.00. The van der Waals surface area contributed by atoms with Gasteiger partial charge in [-0.1, -0.05) is 18.2 Å². The number of amides is 1. The molecule has 1 aromatic carbocycles. The van der Waals surface area contributed by atoms with E-state index in [-0.39, 0.29) is 35.9 Å². The zero-order valence-corrected chi connectivity index (χ0v) is 18.1. The Morgan fingerprint density at radius 2 is 2.08 bits per heavy atom. The molecule has 1 aromatic rings. The van der Waals surface area contributed by atoms with Crippen molar-refractivity contribution in [3.05, 3.63) is 30.3 Å². The highest BCUT2D eigenvalue weighted by Gasteiger charge is 2.30. The van der Waals surface area contributed by atoms with E-state index in [9.17, 15) is 4.79 Å². The van der Waals surface area contributed by atoms with Gasteiger partial charge in [0.1, 0.15) is 0 Å². The van der Waals surface area contributed by atoms with Crippen LogP contribution in [-0.2, 0) is 9.53 Å². The molecule has 8 heteroatoms. The third-order valence-corrected chi connectivity index (χ3v) is 4.22. The first-order valence-corrected chi connectivity index (χ1v) is 8.64. The summed E-state index contributed by atoms with van der Waals surface area (Å²) >= 11 is 0. The number of hydrogen-bond acceptors (Lipinski definition) is 4. The van der Waals surface area contributed by atoms with Gasteiger partial charge in [0, 0.05) is 52.4 Å². The summed E-state index contributed by atoms with van der Waals surface area (Å²) in [5.74, 6) is 0.867. The number of benzene rings is 1. The van der Waals surface area contributed by atoms with Gasteiger partial charge in [0.15, 0.2) is 5.96 Å². The number of ether oxygens (including phenoxy) is 1. The molecule has 1 aliphatic heterocycles. The van der Waals surface area contributed by atoms with Crippen molar-refractivity contribution in [1.29, 1.82) is 0 Å².